The van der Waals surface area contributed by atoms with E-state index in [2.05, 4.69) is 4.98 Å². The van der Waals surface area contributed by atoms with Gasteiger partial charge in [-0.1, -0.05) is 30.3 Å². The fourth-order valence-electron chi connectivity index (χ4n) is 3.04. The van der Waals surface area contributed by atoms with Crippen LogP contribution >= 0.6 is 0 Å². The summed E-state index contributed by atoms with van der Waals surface area (Å²) < 4.78 is 13.1. The molecule has 25 heavy (non-hydrogen) atoms. The number of aliphatic hydroxyl groups excluding tert-OH is 1. The third-order valence-electron chi connectivity index (χ3n) is 4.23. The maximum atomic E-state index is 10.5. The topological polar surface area (TPSA) is 56.5 Å². The van der Waals surface area contributed by atoms with Gasteiger partial charge in [-0.2, -0.15) is 0 Å². The van der Waals surface area contributed by atoms with Crippen molar-refractivity contribution in [2.24, 2.45) is 0 Å². The first-order valence-electron chi connectivity index (χ1n) is 8.40. The number of benzene rings is 2. The standard InChI is InChI=1S/C20H24N2O3/c1-14-7-6-8-15(2)20(14)25-12-16(23)11-22-18-10-5-4-9-17(18)21-19(22)13-24-3/h4-10,16,23H,11-13H2,1-3H3/t16-/m0/s1. The number of methoxy groups -OCH3 is 1. The molecule has 0 saturated carbocycles. The van der Waals surface area contributed by atoms with E-state index in [0.717, 1.165) is 33.7 Å². The largest absolute Gasteiger partial charge is 0.490 e. The van der Waals surface area contributed by atoms with Gasteiger partial charge in [0.05, 0.1) is 17.6 Å². The van der Waals surface area contributed by atoms with Crippen LogP contribution in [0.3, 0.4) is 0 Å². The predicted molar refractivity (Wildman–Crippen MR) is 97.9 cm³/mol. The Morgan fingerprint density at radius 1 is 1.08 bits per heavy atom. The van der Waals surface area contributed by atoms with E-state index >= 15 is 0 Å². The molecule has 132 valence electrons. The van der Waals surface area contributed by atoms with Crippen LogP contribution in [0, 0.1) is 13.8 Å². The molecule has 0 unspecified atom stereocenters. The number of aryl methyl sites for hydroxylation is 2. The molecular weight excluding hydrogens is 316 g/mol. The second-order valence-electron chi connectivity index (χ2n) is 6.25. The molecule has 0 saturated heterocycles. The first kappa shape index (κ1) is 17.5. The minimum Gasteiger partial charge on any atom is -0.490 e. The number of fused-ring (bicyclic) bond motifs is 1. The number of nitrogens with zero attached hydrogens (tertiary/aromatic N) is 2. The molecule has 2 aromatic carbocycles. The minimum atomic E-state index is -0.646. The summed E-state index contributed by atoms with van der Waals surface area (Å²) in [5.41, 5.74) is 4.03. The summed E-state index contributed by atoms with van der Waals surface area (Å²) in [6, 6.07) is 13.9. The number of aromatic nitrogens is 2. The number of imidazole rings is 1. The van der Waals surface area contributed by atoms with E-state index in [9.17, 15) is 5.11 Å². The molecular formula is C20H24N2O3. The zero-order chi connectivity index (χ0) is 17.8. The van der Waals surface area contributed by atoms with E-state index < -0.39 is 6.10 Å². The number of hydrogen-bond acceptors (Lipinski definition) is 4. The second-order valence-corrected chi connectivity index (χ2v) is 6.25. The van der Waals surface area contributed by atoms with Crippen LogP contribution in [0.4, 0.5) is 0 Å². The molecule has 5 nitrogen and oxygen atoms in total. The average Bonchev–Trinajstić information content (AvgIpc) is 2.92. The van der Waals surface area contributed by atoms with Gasteiger partial charge in [-0.05, 0) is 37.1 Å². The van der Waals surface area contributed by atoms with Crippen molar-refractivity contribution in [2.75, 3.05) is 13.7 Å². The maximum absolute atomic E-state index is 10.5. The number of aliphatic hydroxyl groups is 1. The van der Waals surface area contributed by atoms with Gasteiger partial charge in [-0.25, -0.2) is 4.98 Å². The Balaban J connectivity index is 1.75. The van der Waals surface area contributed by atoms with Gasteiger partial charge in [0.1, 0.15) is 30.9 Å². The SMILES string of the molecule is COCc1nc2ccccc2n1C[C@H](O)COc1c(C)cccc1C. The fourth-order valence-corrected chi connectivity index (χ4v) is 3.04. The van der Waals surface area contributed by atoms with Gasteiger partial charge in [0.15, 0.2) is 0 Å². The Bertz CT molecular complexity index is 837. The van der Waals surface area contributed by atoms with Crippen LogP contribution in [0.15, 0.2) is 42.5 Å². The molecule has 0 fully saturated rings. The number of ether oxygens (including phenoxy) is 2. The first-order valence-corrected chi connectivity index (χ1v) is 8.40. The van der Waals surface area contributed by atoms with Gasteiger partial charge in [-0.3, -0.25) is 0 Å². The Morgan fingerprint density at radius 3 is 2.52 bits per heavy atom. The summed E-state index contributed by atoms with van der Waals surface area (Å²) in [7, 11) is 1.64. The third kappa shape index (κ3) is 3.83. The Morgan fingerprint density at radius 2 is 1.80 bits per heavy atom. The van der Waals surface area contributed by atoms with Crippen molar-refractivity contribution >= 4 is 11.0 Å². The van der Waals surface area contributed by atoms with Crippen LogP contribution < -0.4 is 4.74 Å². The molecule has 0 aliphatic rings. The van der Waals surface area contributed by atoms with Crippen molar-refractivity contribution in [3.8, 4) is 5.75 Å². The highest BCUT2D eigenvalue weighted by Crippen LogP contribution is 2.23. The summed E-state index contributed by atoms with van der Waals surface area (Å²) in [5, 5.41) is 10.5. The predicted octanol–water partition coefficient (Wildman–Crippen LogP) is 3.24. The Hall–Kier alpha value is -2.37. The molecule has 1 N–H and O–H groups in total. The maximum Gasteiger partial charge on any atom is 0.136 e. The molecule has 0 radical (unpaired) electrons. The van der Waals surface area contributed by atoms with E-state index in [4.69, 9.17) is 9.47 Å². The van der Waals surface area contributed by atoms with Gasteiger partial charge in [-0.15, -0.1) is 0 Å². The lowest BCUT2D eigenvalue weighted by atomic mass is 10.1. The summed E-state index contributed by atoms with van der Waals surface area (Å²) in [6.07, 6.45) is -0.646. The average molecular weight is 340 g/mol. The van der Waals surface area contributed by atoms with Crippen LogP contribution in [0.25, 0.3) is 11.0 Å². The number of hydrogen-bond donors (Lipinski definition) is 1. The summed E-state index contributed by atoms with van der Waals surface area (Å²) in [4.78, 5) is 4.59. The lowest BCUT2D eigenvalue weighted by molar-refractivity contribution is 0.0895. The summed E-state index contributed by atoms with van der Waals surface area (Å²) in [6.45, 7) is 5.05. The quantitative estimate of drug-likeness (QED) is 0.717. The fraction of sp³-hybridized carbons (Fsp3) is 0.350. The first-order chi connectivity index (χ1) is 12.1. The zero-order valence-corrected chi connectivity index (χ0v) is 14.9. The molecule has 1 aromatic heterocycles. The highest BCUT2D eigenvalue weighted by Gasteiger charge is 2.15. The van der Waals surface area contributed by atoms with Gasteiger partial charge in [0.25, 0.3) is 0 Å². The van der Waals surface area contributed by atoms with Crippen LogP contribution in [-0.2, 0) is 17.9 Å². The molecule has 1 atom stereocenters. The molecule has 0 aliphatic carbocycles. The van der Waals surface area contributed by atoms with Crippen molar-refractivity contribution < 1.29 is 14.6 Å². The Labute approximate surface area is 147 Å². The lowest BCUT2D eigenvalue weighted by Gasteiger charge is -2.17. The molecule has 0 amide bonds. The normalized spacial score (nSPS) is 12.5. The molecule has 0 spiro atoms. The van der Waals surface area contributed by atoms with E-state index in [1.165, 1.54) is 0 Å². The monoisotopic (exact) mass is 340 g/mol. The molecule has 5 heteroatoms. The van der Waals surface area contributed by atoms with Crippen LogP contribution in [0.1, 0.15) is 17.0 Å². The number of rotatable bonds is 7. The van der Waals surface area contributed by atoms with E-state index in [-0.39, 0.29) is 6.61 Å². The van der Waals surface area contributed by atoms with Crippen LogP contribution in [0.2, 0.25) is 0 Å². The summed E-state index contributed by atoms with van der Waals surface area (Å²) in [5.74, 6) is 1.64. The van der Waals surface area contributed by atoms with Crippen molar-refractivity contribution in [2.45, 2.75) is 33.1 Å². The molecule has 1 heterocycles. The van der Waals surface area contributed by atoms with Crippen molar-refractivity contribution in [1.82, 2.24) is 9.55 Å². The smallest absolute Gasteiger partial charge is 0.136 e. The van der Waals surface area contributed by atoms with E-state index in [0.29, 0.717) is 13.2 Å². The number of para-hydroxylation sites is 3. The highest BCUT2D eigenvalue weighted by molar-refractivity contribution is 5.75. The highest BCUT2D eigenvalue weighted by atomic mass is 16.5. The van der Waals surface area contributed by atoms with Gasteiger partial charge < -0.3 is 19.1 Å². The van der Waals surface area contributed by atoms with Gasteiger partial charge in [0.2, 0.25) is 0 Å². The summed E-state index contributed by atoms with van der Waals surface area (Å²) >= 11 is 0. The van der Waals surface area contributed by atoms with Crippen LogP contribution in [-0.4, -0.2) is 34.5 Å². The van der Waals surface area contributed by atoms with Gasteiger partial charge in [0, 0.05) is 7.11 Å². The van der Waals surface area contributed by atoms with Crippen molar-refractivity contribution in [3.05, 3.63) is 59.4 Å². The molecule has 3 rings (SSSR count). The molecule has 0 aliphatic heterocycles. The Kier molecular flexibility index (Phi) is 5.36. The molecule has 0 bridgehead atoms. The van der Waals surface area contributed by atoms with Crippen molar-refractivity contribution in [1.29, 1.82) is 0 Å². The minimum absolute atomic E-state index is 0.227. The second kappa shape index (κ2) is 7.68. The lowest BCUT2D eigenvalue weighted by Crippen LogP contribution is -2.25. The van der Waals surface area contributed by atoms with E-state index in [1.54, 1.807) is 7.11 Å². The van der Waals surface area contributed by atoms with Gasteiger partial charge >= 0.3 is 0 Å². The van der Waals surface area contributed by atoms with Crippen molar-refractivity contribution in [3.63, 3.8) is 0 Å². The van der Waals surface area contributed by atoms with E-state index in [1.807, 2.05) is 60.9 Å². The van der Waals surface area contributed by atoms with Crippen LogP contribution in [0.5, 0.6) is 5.75 Å². The molecule has 3 aromatic rings. The zero-order valence-electron chi connectivity index (χ0n) is 14.9. The third-order valence-corrected chi connectivity index (χ3v) is 4.23.